The first kappa shape index (κ1) is 10.8. The molecule has 1 aliphatic carbocycles. The topological polar surface area (TPSA) is 68.4 Å². The summed E-state index contributed by atoms with van der Waals surface area (Å²) in [6.07, 6.45) is 1.48. The van der Waals surface area contributed by atoms with Crippen LogP contribution in [0.25, 0.3) is 16.5 Å². The van der Waals surface area contributed by atoms with Crippen LogP contribution in [0.3, 0.4) is 0 Å². The summed E-state index contributed by atoms with van der Waals surface area (Å²) in [6.45, 7) is -4.03. The van der Waals surface area contributed by atoms with Crippen molar-refractivity contribution >= 4 is 22.4 Å². The fourth-order valence-corrected chi connectivity index (χ4v) is 3.97. The third kappa shape index (κ3) is 2.68. The van der Waals surface area contributed by atoms with Crippen LogP contribution in [0.15, 0.2) is 30.5 Å². The number of aromatic amines is 1. The predicted octanol–water partition coefficient (Wildman–Crippen LogP) is 1.92. The number of carbonyl (C=O) groups is 1. The Morgan fingerprint density at radius 3 is 3.32 bits per heavy atom. The SMILES string of the molecule is [2H]C([2H])([2H])C([2H])([2H])[C@@]([2H])(CO)NC(=O)[C@@H]1C=C2c3cccc4[nH]cc(c34)C[C@H]2N(C)C1. The van der Waals surface area contributed by atoms with Crippen molar-refractivity contribution in [3.05, 3.63) is 41.6 Å². The Morgan fingerprint density at radius 2 is 2.52 bits per heavy atom. The Morgan fingerprint density at radius 1 is 1.64 bits per heavy atom. The molecule has 3 N–H and O–H groups in total. The van der Waals surface area contributed by atoms with Crippen LogP contribution in [-0.2, 0) is 11.2 Å². The number of rotatable bonds is 4. The van der Waals surface area contributed by atoms with E-state index in [-0.39, 0.29) is 6.04 Å². The van der Waals surface area contributed by atoms with Crippen LogP contribution in [0.5, 0.6) is 0 Å². The lowest BCUT2D eigenvalue weighted by Crippen LogP contribution is -2.48. The van der Waals surface area contributed by atoms with E-state index >= 15 is 0 Å². The summed E-state index contributed by atoms with van der Waals surface area (Å²) in [7, 11) is 1.90. The van der Waals surface area contributed by atoms with Crippen molar-refractivity contribution in [2.24, 2.45) is 5.92 Å². The van der Waals surface area contributed by atoms with Gasteiger partial charge in [-0.3, -0.25) is 9.69 Å². The number of benzene rings is 1. The van der Waals surface area contributed by atoms with Crippen molar-refractivity contribution < 1.29 is 18.1 Å². The molecule has 2 aliphatic rings. The fourth-order valence-electron chi connectivity index (χ4n) is 3.97. The molecule has 0 radical (unpaired) electrons. The average Bonchev–Trinajstić information content (AvgIpc) is 3.12. The molecule has 1 aromatic carbocycles. The molecule has 132 valence electrons. The number of aromatic nitrogens is 1. The van der Waals surface area contributed by atoms with E-state index < -0.39 is 37.7 Å². The summed E-state index contributed by atoms with van der Waals surface area (Å²) in [4.78, 5) is 18.3. The molecule has 3 atom stereocenters. The van der Waals surface area contributed by atoms with Gasteiger partial charge in [0.2, 0.25) is 5.91 Å². The molecule has 5 heteroatoms. The highest BCUT2D eigenvalue weighted by atomic mass is 16.3. The van der Waals surface area contributed by atoms with Crippen molar-refractivity contribution in [2.45, 2.75) is 31.7 Å². The lowest BCUT2D eigenvalue weighted by Gasteiger charge is -2.39. The Kier molecular flexibility index (Phi) is 2.72. The molecule has 1 amide bonds. The maximum atomic E-state index is 13.0. The van der Waals surface area contributed by atoms with E-state index in [4.69, 9.17) is 8.22 Å². The molecule has 0 bridgehead atoms. The smallest absolute Gasteiger partial charge is 0.228 e. The van der Waals surface area contributed by atoms with Gasteiger partial charge in [0.1, 0.15) is 0 Å². The zero-order chi connectivity index (χ0) is 22.8. The number of carbonyl (C=O) groups excluding carboxylic acids is 1. The van der Waals surface area contributed by atoms with Crippen LogP contribution in [0, 0.1) is 5.92 Å². The van der Waals surface area contributed by atoms with Gasteiger partial charge in [-0.15, -0.1) is 0 Å². The molecule has 2 aromatic rings. The quantitative estimate of drug-likeness (QED) is 0.793. The number of likely N-dealkylation sites (N-methyl/N-ethyl adjacent to an activating group) is 1. The van der Waals surface area contributed by atoms with Gasteiger partial charge in [-0.25, -0.2) is 0 Å². The third-order valence-electron chi connectivity index (χ3n) is 5.19. The highest BCUT2D eigenvalue weighted by Crippen LogP contribution is 2.40. The van der Waals surface area contributed by atoms with Gasteiger partial charge >= 0.3 is 0 Å². The molecule has 0 saturated heterocycles. The Labute approximate surface area is 156 Å². The number of amides is 1. The predicted molar refractivity (Wildman–Crippen MR) is 99.2 cm³/mol. The van der Waals surface area contributed by atoms with Gasteiger partial charge in [0, 0.05) is 36.5 Å². The number of aliphatic hydroxyl groups excluding tert-OH is 1. The van der Waals surface area contributed by atoms with Crippen molar-refractivity contribution in [3.63, 3.8) is 0 Å². The summed E-state index contributed by atoms with van der Waals surface area (Å²) in [6, 6.07) is 3.30. The minimum Gasteiger partial charge on any atom is -0.394 e. The Balaban J connectivity index is 1.68. The number of nitrogens with one attached hydrogen (secondary N) is 2. The molecule has 0 spiro atoms. The second-order valence-electron chi connectivity index (χ2n) is 6.68. The van der Waals surface area contributed by atoms with E-state index in [0.717, 1.165) is 28.5 Å². The third-order valence-corrected chi connectivity index (χ3v) is 5.19. The van der Waals surface area contributed by atoms with Gasteiger partial charge in [0.05, 0.1) is 19.9 Å². The zero-order valence-electron chi connectivity index (χ0n) is 20.0. The van der Waals surface area contributed by atoms with Gasteiger partial charge in [-0.2, -0.15) is 0 Å². The van der Waals surface area contributed by atoms with Crippen LogP contribution in [0.2, 0.25) is 0 Å². The summed E-state index contributed by atoms with van der Waals surface area (Å²) >= 11 is 0. The van der Waals surface area contributed by atoms with Crippen LogP contribution < -0.4 is 5.32 Å². The summed E-state index contributed by atoms with van der Waals surface area (Å²) in [5.74, 6) is -1.42. The summed E-state index contributed by atoms with van der Waals surface area (Å²) in [5.41, 5.74) is 4.22. The number of H-pyrrole nitrogens is 1. The average molecular weight is 345 g/mol. The minimum atomic E-state index is -3.19. The first-order valence-electron chi connectivity index (χ1n) is 11.3. The molecule has 0 unspecified atom stereocenters. The molecule has 2 heterocycles. The minimum absolute atomic E-state index is 0.0744. The molecule has 1 aromatic heterocycles. The first-order chi connectivity index (χ1) is 14.4. The zero-order valence-corrected chi connectivity index (χ0v) is 14.0. The van der Waals surface area contributed by atoms with Crippen molar-refractivity contribution in [3.8, 4) is 0 Å². The molecule has 0 saturated carbocycles. The monoisotopic (exact) mass is 345 g/mol. The molecular formula is C20H25N3O2. The highest BCUT2D eigenvalue weighted by Gasteiger charge is 2.35. The van der Waals surface area contributed by atoms with Crippen LogP contribution in [-0.4, -0.2) is 53.2 Å². The lowest BCUT2D eigenvalue weighted by atomic mass is 9.80. The number of nitrogens with zero attached hydrogens (tertiary/aromatic N) is 1. The van der Waals surface area contributed by atoms with E-state index in [1.807, 2.05) is 42.4 Å². The second kappa shape index (κ2) is 6.32. The van der Waals surface area contributed by atoms with Gasteiger partial charge in [-0.05, 0) is 42.6 Å². The van der Waals surface area contributed by atoms with Crippen LogP contribution in [0.4, 0.5) is 0 Å². The number of hydrogen-bond donors (Lipinski definition) is 3. The molecule has 1 aliphatic heterocycles. The summed E-state index contributed by atoms with van der Waals surface area (Å²) < 4.78 is 46.2. The van der Waals surface area contributed by atoms with Crippen molar-refractivity contribution in [1.29, 1.82) is 0 Å². The summed E-state index contributed by atoms with van der Waals surface area (Å²) in [5, 5.41) is 12.9. The standard InChI is InChI=1S/C20H25N3O2/c1-3-14(11-24)22-20(25)13-7-16-15-5-4-6-17-19(15)12(9-21-17)8-18(16)23(2)10-13/h4-7,9,13-14,18,21,24H,3,8,10-11H2,1-2H3,(H,22,25)/t13-,14+,18-/m1/s1/i1D3,3D2,14D. The van der Waals surface area contributed by atoms with Crippen LogP contribution >= 0.6 is 0 Å². The highest BCUT2D eigenvalue weighted by molar-refractivity contribution is 5.99. The number of hydrogen-bond acceptors (Lipinski definition) is 3. The lowest BCUT2D eigenvalue weighted by molar-refractivity contribution is -0.125. The molecule has 25 heavy (non-hydrogen) atoms. The van der Waals surface area contributed by atoms with E-state index in [1.54, 1.807) is 0 Å². The van der Waals surface area contributed by atoms with E-state index in [0.29, 0.717) is 6.54 Å². The normalized spacial score (nSPS) is 29.8. The van der Waals surface area contributed by atoms with E-state index in [2.05, 4.69) is 10.3 Å². The maximum Gasteiger partial charge on any atom is 0.228 e. The second-order valence-corrected chi connectivity index (χ2v) is 6.68. The van der Waals surface area contributed by atoms with Gasteiger partial charge in [0.25, 0.3) is 0 Å². The largest absolute Gasteiger partial charge is 0.394 e. The molecule has 0 fully saturated rings. The molecule has 4 rings (SSSR count). The fraction of sp³-hybridized carbons (Fsp3) is 0.450. The molecular weight excluding hydrogens is 314 g/mol. The molecule has 5 nitrogen and oxygen atoms in total. The maximum absolute atomic E-state index is 13.0. The number of aliphatic hydroxyl groups is 1. The number of fused-ring (bicyclic) bond motifs is 2. The van der Waals surface area contributed by atoms with Gasteiger partial charge in [-0.1, -0.05) is 25.1 Å². The Bertz CT molecular complexity index is 1060. The Hall–Kier alpha value is -2.11. The van der Waals surface area contributed by atoms with Crippen molar-refractivity contribution in [1.82, 2.24) is 15.2 Å². The first-order valence-corrected chi connectivity index (χ1v) is 8.34. The van der Waals surface area contributed by atoms with Crippen LogP contribution in [0.1, 0.15) is 32.6 Å². The van der Waals surface area contributed by atoms with E-state index in [9.17, 15) is 9.90 Å². The van der Waals surface area contributed by atoms with Gasteiger partial charge < -0.3 is 15.4 Å². The van der Waals surface area contributed by atoms with Gasteiger partial charge in [0.15, 0.2) is 0 Å². The van der Waals surface area contributed by atoms with Crippen molar-refractivity contribution in [2.75, 3.05) is 20.2 Å². The van der Waals surface area contributed by atoms with E-state index in [1.165, 1.54) is 5.56 Å².